The zero-order valence-corrected chi connectivity index (χ0v) is 19.8. The predicted octanol–water partition coefficient (Wildman–Crippen LogP) is 5.18. The summed E-state index contributed by atoms with van der Waals surface area (Å²) in [5, 5.41) is 0. The third-order valence-corrected chi connectivity index (χ3v) is 6.64. The van der Waals surface area contributed by atoms with Gasteiger partial charge in [0.2, 0.25) is 0 Å². The van der Waals surface area contributed by atoms with Crippen molar-refractivity contribution in [2.75, 3.05) is 7.11 Å². The van der Waals surface area contributed by atoms with Crippen LogP contribution in [0.4, 0.5) is 8.78 Å². The fourth-order valence-electron chi connectivity index (χ4n) is 3.31. The summed E-state index contributed by atoms with van der Waals surface area (Å²) in [6, 6.07) is 14.9. The Morgan fingerprint density at radius 3 is 2.29 bits per heavy atom. The van der Waals surface area contributed by atoms with Crippen LogP contribution < -0.4 is 8.92 Å². The van der Waals surface area contributed by atoms with Crippen LogP contribution in [0, 0.1) is 11.6 Å². The molecule has 0 spiro atoms. The van der Waals surface area contributed by atoms with Crippen LogP contribution in [0.2, 0.25) is 0 Å². The van der Waals surface area contributed by atoms with Gasteiger partial charge in [-0.25, -0.2) is 8.78 Å². The van der Waals surface area contributed by atoms with E-state index in [1.807, 2.05) is 13.8 Å². The lowest BCUT2D eigenvalue weighted by Gasteiger charge is -2.29. The number of carbonyl (C=O) groups excluding carboxylic acids is 1. The minimum absolute atomic E-state index is 0.0200. The van der Waals surface area contributed by atoms with E-state index in [-0.39, 0.29) is 34.5 Å². The number of halogens is 2. The van der Waals surface area contributed by atoms with Gasteiger partial charge in [0.15, 0.2) is 11.6 Å². The maximum Gasteiger partial charge on any atom is 0.339 e. The molecule has 0 aromatic heterocycles. The Morgan fingerprint density at radius 1 is 0.971 bits per heavy atom. The topological polar surface area (TPSA) is 72.9 Å². The van der Waals surface area contributed by atoms with Crippen LogP contribution in [-0.2, 0) is 16.7 Å². The number of benzene rings is 3. The van der Waals surface area contributed by atoms with Crippen LogP contribution in [0.5, 0.6) is 11.5 Å². The Bertz CT molecular complexity index is 1280. The van der Waals surface area contributed by atoms with Crippen molar-refractivity contribution in [2.24, 2.45) is 0 Å². The quantitative estimate of drug-likeness (QED) is 0.387. The molecular weight excluding hydrogens is 464 g/mol. The molecule has 3 aromatic rings. The lowest BCUT2D eigenvalue weighted by Crippen LogP contribution is -2.38. The second kappa shape index (κ2) is 10.6. The number of ether oxygens (including phenoxy) is 1. The Labute approximate surface area is 197 Å². The van der Waals surface area contributed by atoms with Crippen molar-refractivity contribution in [2.45, 2.75) is 37.8 Å². The van der Waals surface area contributed by atoms with E-state index in [1.165, 1.54) is 48.4 Å². The molecule has 0 saturated carbocycles. The van der Waals surface area contributed by atoms with E-state index in [0.29, 0.717) is 12.0 Å². The first-order valence-electron chi connectivity index (χ1n) is 10.6. The smallest absolute Gasteiger partial charge is 0.339 e. The van der Waals surface area contributed by atoms with Gasteiger partial charge in [-0.2, -0.15) is 8.42 Å². The van der Waals surface area contributed by atoms with E-state index in [1.54, 1.807) is 24.3 Å². The standard InChI is InChI=1S/C25H25F2NO5S/c1-4-17(2)28(25(29)20-10-6-7-11-21(20)26)16-18-9-5-8-12-23(18)33-34(30,31)19-13-14-24(32-3)22(27)15-19/h5-15,17H,4,16H2,1-3H3/t17-/m0/s1. The van der Waals surface area contributed by atoms with Crippen molar-refractivity contribution in [3.05, 3.63) is 89.5 Å². The summed E-state index contributed by atoms with van der Waals surface area (Å²) in [7, 11) is -3.11. The first kappa shape index (κ1) is 25.2. The number of nitrogens with zero attached hydrogens (tertiary/aromatic N) is 1. The highest BCUT2D eigenvalue weighted by molar-refractivity contribution is 7.87. The molecule has 3 rings (SSSR count). The molecule has 0 aliphatic rings. The molecular formula is C25H25F2NO5S. The number of amides is 1. The van der Waals surface area contributed by atoms with E-state index in [9.17, 15) is 22.0 Å². The molecule has 0 saturated heterocycles. The predicted molar refractivity (Wildman–Crippen MR) is 123 cm³/mol. The second-order valence-corrected chi connectivity index (χ2v) is 9.16. The number of methoxy groups -OCH3 is 1. The average molecular weight is 490 g/mol. The van der Waals surface area contributed by atoms with Gasteiger partial charge in [0.05, 0.1) is 12.7 Å². The number of carbonyl (C=O) groups is 1. The van der Waals surface area contributed by atoms with E-state index >= 15 is 0 Å². The van der Waals surface area contributed by atoms with E-state index in [4.69, 9.17) is 8.92 Å². The van der Waals surface area contributed by atoms with E-state index in [0.717, 1.165) is 6.07 Å². The van der Waals surface area contributed by atoms with Crippen molar-refractivity contribution in [3.8, 4) is 11.5 Å². The van der Waals surface area contributed by atoms with E-state index in [2.05, 4.69) is 0 Å². The maximum atomic E-state index is 14.3. The number of rotatable bonds is 9. The molecule has 180 valence electrons. The van der Waals surface area contributed by atoms with Crippen molar-refractivity contribution in [1.29, 1.82) is 0 Å². The summed E-state index contributed by atoms with van der Waals surface area (Å²) < 4.78 is 64.1. The largest absolute Gasteiger partial charge is 0.494 e. The summed E-state index contributed by atoms with van der Waals surface area (Å²) >= 11 is 0. The molecule has 1 atom stereocenters. The Balaban J connectivity index is 1.93. The third-order valence-electron chi connectivity index (χ3n) is 5.41. The molecule has 9 heteroatoms. The van der Waals surface area contributed by atoms with Crippen molar-refractivity contribution >= 4 is 16.0 Å². The van der Waals surface area contributed by atoms with Crippen LogP contribution in [0.3, 0.4) is 0 Å². The maximum absolute atomic E-state index is 14.3. The summed E-state index contributed by atoms with van der Waals surface area (Å²) in [5.41, 5.74) is 0.313. The van der Waals surface area contributed by atoms with Gasteiger partial charge in [-0.05, 0) is 49.7 Å². The SMILES string of the molecule is CC[C@H](C)N(Cc1ccccc1OS(=O)(=O)c1ccc(OC)c(F)c1)C(=O)c1ccccc1F. The summed E-state index contributed by atoms with van der Waals surface area (Å²) in [6.07, 6.45) is 0.590. The minimum atomic E-state index is -4.38. The van der Waals surface area contributed by atoms with Gasteiger partial charge in [-0.1, -0.05) is 37.3 Å². The van der Waals surface area contributed by atoms with Crippen molar-refractivity contribution in [1.82, 2.24) is 4.90 Å². The summed E-state index contributed by atoms with van der Waals surface area (Å²) in [5.74, 6) is -2.14. The fourth-order valence-corrected chi connectivity index (χ4v) is 4.28. The molecule has 0 fully saturated rings. The number of para-hydroxylation sites is 1. The lowest BCUT2D eigenvalue weighted by atomic mass is 10.1. The lowest BCUT2D eigenvalue weighted by molar-refractivity contribution is 0.0666. The van der Waals surface area contributed by atoms with E-state index < -0.39 is 27.7 Å². The van der Waals surface area contributed by atoms with Crippen LogP contribution in [-0.4, -0.2) is 32.4 Å². The Hall–Kier alpha value is -3.46. The molecule has 6 nitrogen and oxygen atoms in total. The zero-order chi connectivity index (χ0) is 24.9. The fraction of sp³-hybridized carbons (Fsp3) is 0.240. The average Bonchev–Trinajstić information content (AvgIpc) is 2.82. The van der Waals surface area contributed by atoms with Gasteiger partial charge in [0.1, 0.15) is 16.5 Å². The monoisotopic (exact) mass is 489 g/mol. The zero-order valence-electron chi connectivity index (χ0n) is 19.0. The van der Waals surface area contributed by atoms with Crippen molar-refractivity contribution in [3.63, 3.8) is 0 Å². The van der Waals surface area contributed by atoms with Crippen LogP contribution in [0.15, 0.2) is 71.6 Å². The Morgan fingerprint density at radius 2 is 1.65 bits per heavy atom. The molecule has 34 heavy (non-hydrogen) atoms. The highest BCUT2D eigenvalue weighted by Crippen LogP contribution is 2.28. The van der Waals surface area contributed by atoms with Gasteiger partial charge < -0.3 is 13.8 Å². The molecule has 0 unspecified atom stereocenters. The first-order chi connectivity index (χ1) is 16.2. The summed E-state index contributed by atoms with van der Waals surface area (Å²) in [4.78, 5) is 14.2. The first-order valence-corrected chi connectivity index (χ1v) is 12.0. The summed E-state index contributed by atoms with van der Waals surface area (Å²) in [6.45, 7) is 3.68. The van der Waals surface area contributed by atoms with Crippen LogP contribution in [0.1, 0.15) is 36.2 Å². The normalized spacial score (nSPS) is 12.1. The minimum Gasteiger partial charge on any atom is -0.494 e. The van der Waals surface area contributed by atoms with Gasteiger partial charge in [-0.3, -0.25) is 4.79 Å². The van der Waals surface area contributed by atoms with Gasteiger partial charge in [-0.15, -0.1) is 0 Å². The van der Waals surface area contributed by atoms with Crippen LogP contribution >= 0.6 is 0 Å². The third kappa shape index (κ3) is 5.53. The van der Waals surface area contributed by atoms with Gasteiger partial charge in [0, 0.05) is 18.2 Å². The molecule has 0 aliphatic heterocycles. The highest BCUT2D eigenvalue weighted by Gasteiger charge is 2.26. The highest BCUT2D eigenvalue weighted by atomic mass is 32.2. The molecule has 0 N–H and O–H groups in total. The van der Waals surface area contributed by atoms with Crippen molar-refractivity contribution < 1.29 is 30.9 Å². The van der Waals surface area contributed by atoms with Crippen LogP contribution in [0.25, 0.3) is 0 Å². The molecule has 0 bridgehead atoms. The van der Waals surface area contributed by atoms with Gasteiger partial charge >= 0.3 is 10.1 Å². The Kier molecular flexibility index (Phi) is 7.88. The molecule has 1 amide bonds. The molecule has 0 radical (unpaired) electrons. The molecule has 0 aliphatic carbocycles. The molecule has 0 heterocycles. The van der Waals surface area contributed by atoms with Gasteiger partial charge in [0.25, 0.3) is 5.91 Å². The number of hydrogen-bond donors (Lipinski definition) is 0. The second-order valence-electron chi connectivity index (χ2n) is 7.61. The molecule has 3 aromatic carbocycles. The number of hydrogen-bond acceptors (Lipinski definition) is 5.